The number of nitrogens with one attached hydrogen (secondary N) is 1. The van der Waals surface area contributed by atoms with E-state index in [1.54, 1.807) is 48.5 Å². The Hall–Kier alpha value is -4.32. The number of halogens is 2. The van der Waals surface area contributed by atoms with Crippen LogP contribution >= 0.6 is 23.2 Å². The van der Waals surface area contributed by atoms with Gasteiger partial charge < -0.3 is 14.8 Å². The number of benzene rings is 2. The molecule has 2 heterocycles. The van der Waals surface area contributed by atoms with Crippen LogP contribution in [0, 0.1) is 11.3 Å². The largest absolute Gasteiger partial charge is 0.497 e. The van der Waals surface area contributed by atoms with Crippen molar-refractivity contribution in [2.75, 3.05) is 12.4 Å². The molecular formula is C25H16Cl2N4O4. The van der Waals surface area contributed by atoms with E-state index in [1.807, 2.05) is 6.07 Å². The second kappa shape index (κ2) is 10.3. The second-order valence-electron chi connectivity index (χ2n) is 7.09. The third kappa shape index (κ3) is 5.27. The minimum Gasteiger partial charge on any atom is -0.497 e. The number of rotatable bonds is 6. The molecule has 174 valence electrons. The number of amides is 1. The van der Waals surface area contributed by atoms with Crippen molar-refractivity contribution < 1.29 is 14.3 Å². The number of pyridine rings is 1. The number of carbonyl (C=O) groups excluding carboxylic acids is 1. The summed E-state index contributed by atoms with van der Waals surface area (Å²) >= 11 is 12.2. The summed E-state index contributed by atoms with van der Waals surface area (Å²) in [4.78, 5) is 30.5. The highest BCUT2D eigenvalue weighted by atomic mass is 35.5. The Bertz CT molecular complexity index is 1560. The van der Waals surface area contributed by atoms with E-state index in [-0.39, 0.29) is 27.8 Å². The third-order valence-corrected chi connectivity index (χ3v) is 5.37. The lowest BCUT2D eigenvalue weighted by molar-refractivity contribution is -0.112. The smallest absolute Gasteiger partial charge is 0.269 e. The number of hydrogen-bond donors (Lipinski definition) is 1. The number of methoxy groups -OCH3 is 1. The van der Waals surface area contributed by atoms with Crippen LogP contribution in [-0.4, -0.2) is 22.4 Å². The molecule has 2 aromatic carbocycles. The molecule has 0 unspecified atom stereocenters. The van der Waals surface area contributed by atoms with Gasteiger partial charge in [0, 0.05) is 16.9 Å². The number of nitriles is 1. The Morgan fingerprint density at radius 1 is 1.14 bits per heavy atom. The van der Waals surface area contributed by atoms with Crippen molar-refractivity contribution in [1.29, 1.82) is 5.26 Å². The number of aromatic nitrogens is 2. The van der Waals surface area contributed by atoms with Crippen molar-refractivity contribution in [1.82, 2.24) is 9.38 Å². The summed E-state index contributed by atoms with van der Waals surface area (Å²) in [6.45, 7) is 0. The Labute approximate surface area is 209 Å². The molecule has 35 heavy (non-hydrogen) atoms. The molecule has 0 saturated heterocycles. The minimum absolute atomic E-state index is 0.110. The molecule has 0 spiro atoms. The zero-order valence-electron chi connectivity index (χ0n) is 18.2. The first-order valence-corrected chi connectivity index (χ1v) is 10.9. The van der Waals surface area contributed by atoms with E-state index in [0.29, 0.717) is 22.1 Å². The molecule has 1 N–H and O–H groups in total. The molecule has 0 bridgehead atoms. The molecule has 0 aliphatic rings. The lowest BCUT2D eigenvalue weighted by Gasteiger charge is -2.11. The zero-order chi connectivity index (χ0) is 24.9. The number of fused-ring (bicyclic) bond motifs is 1. The highest BCUT2D eigenvalue weighted by molar-refractivity contribution is 6.35. The third-order valence-electron chi connectivity index (χ3n) is 4.84. The molecule has 0 aliphatic heterocycles. The Kier molecular flexibility index (Phi) is 7.01. The average Bonchev–Trinajstić information content (AvgIpc) is 2.86. The van der Waals surface area contributed by atoms with E-state index < -0.39 is 11.5 Å². The highest BCUT2D eigenvalue weighted by Crippen LogP contribution is 2.32. The van der Waals surface area contributed by atoms with Gasteiger partial charge in [-0.1, -0.05) is 29.3 Å². The monoisotopic (exact) mass is 506 g/mol. The van der Waals surface area contributed by atoms with Crippen molar-refractivity contribution in [2.45, 2.75) is 0 Å². The summed E-state index contributed by atoms with van der Waals surface area (Å²) in [5, 5.41) is 12.9. The summed E-state index contributed by atoms with van der Waals surface area (Å²) in [7, 11) is 1.52. The van der Waals surface area contributed by atoms with E-state index in [4.69, 9.17) is 32.7 Å². The number of ether oxygens (including phenoxy) is 2. The van der Waals surface area contributed by atoms with Crippen molar-refractivity contribution >= 4 is 46.5 Å². The molecule has 2 aromatic heterocycles. The van der Waals surface area contributed by atoms with Gasteiger partial charge in [-0.25, -0.2) is 0 Å². The van der Waals surface area contributed by atoms with Crippen LogP contribution < -0.4 is 20.3 Å². The van der Waals surface area contributed by atoms with E-state index >= 15 is 0 Å². The number of anilines is 1. The SMILES string of the molecule is COc1ccc(NC(=O)/C(C#N)=C/c2c(Oc3ccc(Cl)cc3Cl)nc3ccccn3c2=O)cc1. The summed E-state index contributed by atoms with van der Waals surface area (Å²) in [6, 6.07) is 17.9. The van der Waals surface area contributed by atoms with Crippen molar-refractivity contribution in [2.24, 2.45) is 0 Å². The first-order valence-electron chi connectivity index (χ1n) is 10.1. The van der Waals surface area contributed by atoms with Gasteiger partial charge in [0.2, 0.25) is 5.88 Å². The van der Waals surface area contributed by atoms with Gasteiger partial charge >= 0.3 is 0 Å². The van der Waals surface area contributed by atoms with Crippen molar-refractivity contribution in [3.63, 3.8) is 0 Å². The van der Waals surface area contributed by atoms with Gasteiger partial charge in [-0.15, -0.1) is 0 Å². The number of nitrogens with zero attached hydrogens (tertiary/aromatic N) is 3. The molecule has 0 atom stereocenters. The lowest BCUT2D eigenvalue weighted by Crippen LogP contribution is -2.20. The Balaban J connectivity index is 1.78. The van der Waals surface area contributed by atoms with Gasteiger partial charge in [0.05, 0.1) is 12.1 Å². The Morgan fingerprint density at radius 2 is 1.91 bits per heavy atom. The van der Waals surface area contributed by atoms with Crippen LogP contribution in [0.5, 0.6) is 17.4 Å². The summed E-state index contributed by atoms with van der Waals surface area (Å²) in [6.07, 6.45) is 2.65. The molecule has 10 heteroatoms. The van der Waals surface area contributed by atoms with Crippen LogP contribution in [0.1, 0.15) is 5.56 Å². The van der Waals surface area contributed by atoms with E-state index in [0.717, 1.165) is 6.08 Å². The summed E-state index contributed by atoms with van der Waals surface area (Å²) < 4.78 is 12.2. The molecular weight excluding hydrogens is 491 g/mol. The number of carbonyl (C=O) groups is 1. The van der Waals surface area contributed by atoms with Crippen LogP contribution in [-0.2, 0) is 4.79 Å². The van der Waals surface area contributed by atoms with Crippen molar-refractivity contribution in [3.8, 4) is 23.4 Å². The van der Waals surface area contributed by atoms with Crippen LogP contribution in [0.15, 0.2) is 77.2 Å². The van der Waals surface area contributed by atoms with Crippen LogP contribution in [0.2, 0.25) is 10.0 Å². The fourth-order valence-corrected chi connectivity index (χ4v) is 3.56. The number of hydrogen-bond acceptors (Lipinski definition) is 6. The topological polar surface area (TPSA) is 106 Å². The summed E-state index contributed by atoms with van der Waals surface area (Å²) in [5.74, 6) is -0.0443. The zero-order valence-corrected chi connectivity index (χ0v) is 19.7. The van der Waals surface area contributed by atoms with Gasteiger partial charge in [-0.2, -0.15) is 10.2 Å². The van der Waals surface area contributed by atoms with Gasteiger partial charge in [0.15, 0.2) is 0 Å². The molecule has 1 amide bonds. The molecule has 0 fully saturated rings. The van der Waals surface area contributed by atoms with Gasteiger partial charge in [-0.05, 0) is 60.7 Å². The molecule has 8 nitrogen and oxygen atoms in total. The quantitative estimate of drug-likeness (QED) is 0.279. The predicted molar refractivity (Wildman–Crippen MR) is 133 cm³/mol. The maximum Gasteiger partial charge on any atom is 0.269 e. The maximum absolute atomic E-state index is 13.3. The normalized spacial score (nSPS) is 11.1. The highest BCUT2D eigenvalue weighted by Gasteiger charge is 2.18. The van der Waals surface area contributed by atoms with E-state index in [1.165, 1.54) is 29.8 Å². The molecule has 0 radical (unpaired) electrons. The average molecular weight is 507 g/mol. The molecule has 4 rings (SSSR count). The van der Waals surface area contributed by atoms with Crippen LogP contribution in [0.25, 0.3) is 11.7 Å². The van der Waals surface area contributed by atoms with Crippen LogP contribution in [0.3, 0.4) is 0 Å². The lowest BCUT2D eigenvalue weighted by atomic mass is 10.1. The first kappa shape index (κ1) is 23.8. The second-order valence-corrected chi connectivity index (χ2v) is 7.94. The Morgan fingerprint density at radius 3 is 2.60 bits per heavy atom. The van der Waals surface area contributed by atoms with E-state index in [2.05, 4.69) is 10.3 Å². The standard InChI is InChI=1S/C25H16Cl2N4O4/c1-34-18-8-6-17(7-9-18)29-23(32)15(14-28)12-19-24(35-21-10-5-16(26)13-20(21)27)30-22-4-2-3-11-31(22)25(19)33/h2-13H,1H3,(H,29,32)/b15-12+. The summed E-state index contributed by atoms with van der Waals surface area (Å²) in [5.41, 5.74) is -0.241. The molecule has 4 aromatic rings. The van der Waals surface area contributed by atoms with Crippen LogP contribution in [0.4, 0.5) is 5.69 Å². The van der Waals surface area contributed by atoms with E-state index in [9.17, 15) is 14.9 Å². The first-order chi connectivity index (χ1) is 16.9. The molecule has 0 aliphatic carbocycles. The maximum atomic E-state index is 13.3. The predicted octanol–water partition coefficient (Wildman–Crippen LogP) is 5.35. The minimum atomic E-state index is -0.717. The van der Waals surface area contributed by atoms with Gasteiger partial charge in [-0.3, -0.25) is 14.0 Å². The van der Waals surface area contributed by atoms with Gasteiger partial charge in [0.1, 0.15) is 34.4 Å². The molecule has 0 saturated carbocycles. The fraction of sp³-hybridized carbons (Fsp3) is 0.0400. The van der Waals surface area contributed by atoms with Gasteiger partial charge in [0.25, 0.3) is 11.5 Å². The fourth-order valence-electron chi connectivity index (χ4n) is 3.11. The van der Waals surface area contributed by atoms with Crippen molar-refractivity contribution in [3.05, 3.63) is 98.4 Å².